The second kappa shape index (κ2) is 15.2. The number of amides is 3. The Morgan fingerprint density at radius 3 is 2.41 bits per heavy atom. The van der Waals surface area contributed by atoms with Crippen molar-refractivity contribution in [2.75, 3.05) is 24.4 Å². The van der Waals surface area contributed by atoms with Crippen molar-refractivity contribution in [2.45, 2.75) is 24.0 Å². The van der Waals surface area contributed by atoms with Gasteiger partial charge in [-0.3, -0.25) is 14.4 Å². The van der Waals surface area contributed by atoms with Gasteiger partial charge in [-0.05, 0) is 80.6 Å². The van der Waals surface area contributed by atoms with Crippen LogP contribution in [0.2, 0.25) is 0 Å². The molecule has 0 saturated carbocycles. The van der Waals surface area contributed by atoms with Gasteiger partial charge >= 0.3 is 0 Å². The zero-order valence-electron chi connectivity index (χ0n) is 25.4. The second-order valence-corrected chi connectivity index (χ2v) is 12.4. The Kier molecular flexibility index (Phi) is 10.7. The van der Waals surface area contributed by atoms with Crippen LogP contribution in [0.3, 0.4) is 0 Å². The summed E-state index contributed by atoms with van der Waals surface area (Å²) >= 11 is 2.77. The first kappa shape index (κ1) is 32.3. The number of rotatable bonds is 12. The van der Waals surface area contributed by atoms with Crippen LogP contribution in [0, 0.1) is 0 Å². The average Bonchev–Trinajstić information content (AvgIpc) is 3.48. The number of anilines is 2. The van der Waals surface area contributed by atoms with Gasteiger partial charge in [0, 0.05) is 21.7 Å². The molecule has 5 aromatic rings. The Morgan fingerprint density at radius 1 is 0.935 bits per heavy atom. The van der Waals surface area contributed by atoms with E-state index in [9.17, 15) is 14.4 Å². The fraction of sp³-hybridized carbons (Fsp3) is 0.143. The minimum atomic E-state index is -0.503. The van der Waals surface area contributed by atoms with E-state index in [0.717, 1.165) is 20.9 Å². The minimum Gasteiger partial charge on any atom is -0.497 e. The van der Waals surface area contributed by atoms with Gasteiger partial charge in [0.1, 0.15) is 17.2 Å². The first-order valence-corrected chi connectivity index (χ1v) is 16.2. The van der Waals surface area contributed by atoms with Crippen molar-refractivity contribution < 1.29 is 23.9 Å². The van der Waals surface area contributed by atoms with Crippen LogP contribution in [0.5, 0.6) is 11.5 Å². The Morgan fingerprint density at radius 2 is 1.67 bits per heavy atom. The number of ether oxygens (including phenoxy) is 2. The van der Waals surface area contributed by atoms with Crippen LogP contribution in [0.25, 0.3) is 16.3 Å². The van der Waals surface area contributed by atoms with Crippen molar-refractivity contribution in [3.63, 3.8) is 0 Å². The highest BCUT2D eigenvalue weighted by Crippen LogP contribution is 2.31. The molecule has 0 saturated heterocycles. The third kappa shape index (κ3) is 8.32. The van der Waals surface area contributed by atoms with Crippen LogP contribution >= 0.6 is 23.1 Å². The molecule has 1 aromatic heterocycles. The number of fused-ring (bicyclic) bond motifs is 1. The van der Waals surface area contributed by atoms with Gasteiger partial charge in [-0.1, -0.05) is 47.7 Å². The standard InChI is InChI=1S/C35H32N4O5S2/c1-4-44-30-13-9-8-12-24(30)20-29(37-33(41)23-10-6-5-7-11-23)34(42)36-25-14-17-27(18-15-25)45-22(2)32(40)39-35-38-28-19-16-26(43-3)21-31(28)46-35/h5-22H,4H2,1-3H3,(H,36,42)(H,37,41)(H,38,39,40)/b29-20-. The van der Waals surface area contributed by atoms with Crippen molar-refractivity contribution in [2.24, 2.45) is 0 Å². The number of hydrogen-bond acceptors (Lipinski definition) is 8. The van der Waals surface area contributed by atoms with E-state index in [2.05, 4.69) is 20.9 Å². The van der Waals surface area contributed by atoms with Crippen molar-refractivity contribution in [3.8, 4) is 11.5 Å². The summed E-state index contributed by atoms with van der Waals surface area (Å²) in [4.78, 5) is 44.7. The van der Waals surface area contributed by atoms with Gasteiger partial charge in [-0.25, -0.2) is 4.98 Å². The maximum Gasteiger partial charge on any atom is 0.272 e. The third-order valence-corrected chi connectivity index (χ3v) is 8.71. The Labute approximate surface area is 275 Å². The van der Waals surface area contributed by atoms with Crippen LogP contribution in [0.15, 0.2) is 108 Å². The molecule has 0 aliphatic heterocycles. The number of aromatic nitrogens is 1. The van der Waals surface area contributed by atoms with Gasteiger partial charge in [-0.15, -0.1) is 11.8 Å². The molecule has 1 unspecified atom stereocenters. The summed E-state index contributed by atoms with van der Waals surface area (Å²) in [5, 5.41) is 8.62. The van der Waals surface area contributed by atoms with Crippen molar-refractivity contribution in [3.05, 3.63) is 114 Å². The molecule has 9 nitrogen and oxygen atoms in total. The summed E-state index contributed by atoms with van der Waals surface area (Å²) < 4.78 is 11.9. The van der Waals surface area contributed by atoms with Gasteiger partial charge in [0.05, 0.1) is 29.2 Å². The van der Waals surface area contributed by atoms with Gasteiger partial charge in [0.15, 0.2) is 5.13 Å². The van der Waals surface area contributed by atoms with E-state index < -0.39 is 17.1 Å². The summed E-state index contributed by atoms with van der Waals surface area (Å²) in [6, 6.07) is 28.7. The lowest BCUT2D eigenvalue weighted by molar-refractivity contribution is -0.115. The average molecular weight is 653 g/mol. The highest BCUT2D eigenvalue weighted by molar-refractivity contribution is 8.00. The molecule has 3 N–H and O–H groups in total. The van der Waals surface area contributed by atoms with Crippen molar-refractivity contribution >= 4 is 67.9 Å². The van der Waals surface area contributed by atoms with Crippen molar-refractivity contribution in [1.82, 2.24) is 10.3 Å². The summed E-state index contributed by atoms with van der Waals surface area (Å²) in [5.41, 5.74) is 2.43. The van der Waals surface area contributed by atoms with E-state index in [-0.39, 0.29) is 11.6 Å². The third-order valence-electron chi connectivity index (χ3n) is 6.67. The second-order valence-electron chi connectivity index (χ2n) is 9.93. The highest BCUT2D eigenvalue weighted by Gasteiger charge is 2.18. The summed E-state index contributed by atoms with van der Waals surface area (Å²) in [7, 11) is 1.61. The number of hydrogen-bond donors (Lipinski definition) is 3. The molecule has 46 heavy (non-hydrogen) atoms. The number of nitrogens with one attached hydrogen (secondary N) is 3. The largest absolute Gasteiger partial charge is 0.497 e. The summed E-state index contributed by atoms with van der Waals surface area (Å²) in [5.74, 6) is 0.225. The van der Waals surface area contributed by atoms with Crippen LogP contribution in [0.1, 0.15) is 29.8 Å². The quantitative estimate of drug-likeness (QED) is 0.0961. The Bertz CT molecular complexity index is 1870. The van der Waals surface area contributed by atoms with Crippen LogP contribution in [-0.4, -0.2) is 41.7 Å². The lowest BCUT2D eigenvalue weighted by Gasteiger charge is -2.14. The van der Waals surface area contributed by atoms with E-state index in [1.165, 1.54) is 23.1 Å². The first-order chi connectivity index (χ1) is 22.3. The van der Waals surface area contributed by atoms with E-state index >= 15 is 0 Å². The molecule has 0 radical (unpaired) electrons. The molecule has 0 spiro atoms. The molecule has 0 bridgehead atoms. The van der Waals surface area contributed by atoms with Gasteiger partial charge in [-0.2, -0.15) is 0 Å². The number of nitrogens with zero attached hydrogens (tertiary/aromatic N) is 1. The van der Waals surface area contributed by atoms with E-state index in [1.54, 1.807) is 55.7 Å². The maximum absolute atomic E-state index is 13.5. The van der Waals surface area contributed by atoms with E-state index in [1.807, 2.05) is 68.4 Å². The summed E-state index contributed by atoms with van der Waals surface area (Å²) in [6.45, 7) is 4.14. The highest BCUT2D eigenvalue weighted by atomic mass is 32.2. The molecule has 1 heterocycles. The van der Waals surface area contributed by atoms with Crippen molar-refractivity contribution in [1.29, 1.82) is 0 Å². The van der Waals surface area contributed by atoms with Crippen LogP contribution in [-0.2, 0) is 9.59 Å². The van der Waals surface area contributed by atoms with Gasteiger partial charge in [0.2, 0.25) is 5.91 Å². The number of carbonyl (C=O) groups excluding carboxylic acids is 3. The number of para-hydroxylation sites is 1. The molecule has 0 fully saturated rings. The molecule has 4 aromatic carbocycles. The molecule has 11 heteroatoms. The number of methoxy groups -OCH3 is 1. The van der Waals surface area contributed by atoms with Gasteiger partial charge in [0.25, 0.3) is 11.8 Å². The molecular formula is C35H32N4O5S2. The molecule has 0 aliphatic carbocycles. The first-order valence-electron chi connectivity index (χ1n) is 14.5. The number of thiazole rings is 1. The van der Waals surface area contributed by atoms with Crippen LogP contribution < -0.4 is 25.4 Å². The fourth-order valence-electron chi connectivity index (χ4n) is 4.35. The monoisotopic (exact) mass is 652 g/mol. The minimum absolute atomic E-state index is 0.0537. The predicted octanol–water partition coefficient (Wildman–Crippen LogP) is 7.23. The number of benzene rings is 4. The number of thioether (sulfide) groups is 1. The van der Waals surface area contributed by atoms with E-state index in [4.69, 9.17) is 9.47 Å². The lowest BCUT2D eigenvalue weighted by Crippen LogP contribution is -2.30. The molecule has 1 atom stereocenters. The molecular weight excluding hydrogens is 621 g/mol. The van der Waals surface area contributed by atoms with Crippen LogP contribution in [0.4, 0.5) is 10.8 Å². The fourth-order valence-corrected chi connectivity index (χ4v) is 6.11. The molecule has 0 aliphatic rings. The zero-order valence-corrected chi connectivity index (χ0v) is 27.0. The topological polar surface area (TPSA) is 119 Å². The van der Waals surface area contributed by atoms with Gasteiger partial charge < -0.3 is 25.4 Å². The lowest BCUT2D eigenvalue weighted by atomic mass is 10.1. The smallest absolute Gasteiger partial charge is 0.272 e. The summed E-state index contributed by atoms with van der Waals surface area (Å²) in [6.07, 6.45) is 1.59. The predicted molar refractivity (Wildman–Crippen MR) is 185 cm³/mol. The normalized spacial score (nSPS) is 11.8. The van der Waals surface area contributed by atoms with E-state index in [0.29, 0.717) is 34.3 Å². The Hall–Kier alpha value is -5.13. The molecule has 234 valence electrons. The molecule has 5 rings (SSSR count). The maximum atomic E-state index is 13.5. The number of carbonyl (C=O) groups is 3. The zero-order chi connectivity index (χ0) is 32.5. The molecule has 3 amide bonds. The SMILES string of the molecule is CCOc1ccccc1/C=C(\NC(=O)c1ccccc1)C(=O)Nc1ccc(SC(C)C(=O)Nc2nc3ccc(OC)cc3s2)cc1. The Balaban J connectivity index is 1.25.